The summed E-state index contributed by atoms with van der Waals surface area (Å²) in [5.41, 5.74) is 2.85. The SMILES string of the molecule is C[C@@H](NC(=S)NC1CCCC1)c1ccc(C(C)(C)C)cc1. The third-order valence-electron chi connectivity index (χ3n) is 4.31. The Morgan fingerprint density at radius 2 is 1.71 bits per heavy atom. The molecule has 1 atom stereocenters. The van der Waals surface area contributed by atoms with Gasteiger partial charge in [0.25, 0.3) is 0 Å². The molecule has 0 saturated heterocycles. The number of hydrogen-bond acceptors (Lipinski definition) is 1. The average Bonchev–Trinajstić information content (AvgIpc) is 2.90. The summed E-state index contributed by atoms with van der Waals surface area (Å²) >= 11 is 5.43. The molecular weight excluding hydrogens is 276 g/mol. The molecule has 2 N–H and O–H groups in total. The minimum absolute atomic E-state index is 0.203. The topological polar surface area (TPSA) is 24.1 Å². The molecule has 2 rings (SSSR count). The molecule has 2 nitrogen and oxygen atoms in total. The number of thiocarbonyl (C=S) groups is 1. The summed E-state index contributed by atoms with van der Waals surface area (Å²) in [6.45, 7) is 8.88. The predicted molar refractivity (Wildman–Crippen MR) is 94.7 cm³/mol. The molecule has 1 aromatic rings. The molecule has 116 valence electrons. The maximum atomic E-state index is 5.43. The van der Waals surface area contributed by atoms with Crippen LogP contribution in [0.1, 0.15) is 70.5 Å². The predicted octanol–water partition coefficient (Wildman–Crippen LogP) is 4.45. The van der Waals surface area contributed by atoms with Gasteiger partial charge in [-0.25, -0.2) is 0 Å². The number of nitrogens with one attached hydrogen (secondary N) is 2. The highest BCUT2D eigenvalue weighted by Gasteiger charge is 2.17. The van der Waals surface area contributed by atoms with Crippen LogP contribution in [0.5, 0.6) is 0 Å². The van der Waals surface area contributed by atoms with Gasteiger partial charge in [0.05, 0.1) is 6.04 Å². The van der Waals surface area contributed by atoms with E-state index in [1.165, 1.54) is 36.8 Å². The Morgan fingerprint density at radius 3 is 2.24 bits per heavy atom. The molecule has 1 aliphatic carbocycles. The first-order chi connectivity index (χ1) is 9.86. The van der Waals surface area contributed by atoms with Gasteiger partial charge in [-0.3, -0.25) is 0 Å². The van der Waals surface area contributed by atoms with Crippen molar-refractivity contribution in [1.82, 2.24) is 10.6 Å². The van der Waals surface area contributed by atoms with E-state index < -0.39 is 0 Å². The van der Waals surface area contributed by atoms with Crippen LogP contribution in [0.4, 0.5) is 0 Å². The molecule has 0 amide bonds. The van der Waals surface area contributed by atoms with Crippen LogP contribution in [0.25, 0.3) is 0 Å². The second-order valence-corrected chi connectivity index (χ2v) is 7.60. The monoisotopic (exact) mass is 304 g/mol. The maximum absolute atomic E-state index is 5.43. The Bertz CT molecular complexity index is 467. The van der Waals surface area contributed by atoms with Crippen molar-refractivity contribution < 1.29 is 0 Å². The average molecular weight is 305 g/mol. The Kier molecular flexibility index (Phi) is 5.26. The molecule has 1 aromatic carbocycles. The van der Waals surface area contributed by atoms with E-state index in [1.807, 2.05) is 0 Å². The van der Waals surface area contributed by atoms with Crippen LogP contribution in [0, 0.1) is 0 Å². The standard InChI is InChI=1S/C18H28N2S/c1-13(19-17(21)20-16-7-5-6-8-16)14-9-11-15(12-10-14)18(2,3)4/h9-13,16H,5-8H2,1-4H3,(H2,19,20,21)/t13-/m1/s1. The lowest BCUT2D eigenvalue weighted by atomic mass is 9.86. The highest BCUT2D eigenvalue weighted by Crippen LogP contribution is 2.24. The van der Waals surface area contributed by atoms with Crippen LogP contribution >= 0.6 is 12.2 Å². The van der Waals surface area contributed by atoms with E-state index in [-0.39, 0.29) is 11.5 Å². The van der Waals surface area contributed by atoms with E-state index in [9.17, 15) is 0 Å². The molecule has 1 saturated carbocycles. The third kappa shape index (κ3) is 4.70. The Labute approximate surface area is 134 Å². The lowest BCUT2D eigenvalue weighted by molar-refractivity contribution is 0.588. The third-order valence-corrected chi connectivity index (χ3v) is 4.55. The van der Waals surface area contributed by atoms with Crippen molar-refractivity contribution in [3.05, 3.63) is 35.4 Å². The molecule has 0 aliphatic heterocycles. The van der Waals surface area contributed by atoms with Gasteiger partial charge in [-0.15, -0.1) is 0 Å². The van der Waals surface area contributed by atoms with E-state index in [1.54, 1.807) is 0 Å². The summed E-state index contributed by atoms with van der Waals surface area (Å²) in [5.74, 6) is 0. The lowest BCUT2D eigenvalue weighted by Gasteiger charge is -2.22. The highest BCUT2D eigenvalue weighted by molar-refractivity contribution is 7.80. The van der Waals surface area contributed by atoms with Gasteiger partial charge in [0, 0.05) is 6.04 Å². The second kappa shape index (κ2) is 6.78. The van der Waals surface area contributed by atoms with Crippen molar-refractivity contribution in [2.45, 2.75) is 70.9 Å². The summed E-state index contributed by atoms with van der Waals surface area (Å²) in [6.07, 6.45) is 5.14. The summed E-state index contributed by atoms with van der Waals surface area (Å²) in [7, 11) is 0. The molecule has 1 fully saturated rings. The lowest BCUT2D eigenvalue weighted by Crippen LogP contribution is -2.41. The highest BCUT2D eigenvalue weighted by atomic mass is 32.1. The zero-order valence-electron chi connectivity index (χ0n) is 13.7. The van der Waals surface area contributed by atoms with Gasteiger partial charge < -0.3 is 10.6 Å². The van der Waals surface area contributed by atoms with E-state index in [2.05, 4.69) is 62.6 Å². The Morgan fingerprint density at radius 1 is 1.14 bits per heavy atom. The van der Waals surface area contributed by atoms with E-state index in [4.69, 9.17) is 12.2 Å². The summed E-state index contributed by atoms with van der Waals surface area (Å²) in [4.78, 5) is 0. The summed E-state index contributed by atoms with van der Waals surface area (Å²) < 4.78 is 0. The fraction of sp³-hybridized carbons (Fsp3) is 0.611. The largest absolute Gasteiger partial charge is 0.360 e. The fourth-order valence-electron chi connectivity index (χ4n) is 2.85. The second-order valence-electron chi connectivity index (χ2n) is 7.19. The molecule has 0 radical (unpaired) electrons. The number of hydrogen-bond donors (Lipinski definition) is 2. The quantitative estimate of drug-likeness (QED) is 0.807. The van der Waals surface area contributed by atoms with Crippen molar-refractivity contribution in [3.8, 4) is 0 Å². The molecule has 0 unspecified atom stereocenters. The first kappa shape index (κ1) is 16.3. The van der Waals surface area contributed by atoms with Crippen LogP contribution in [0.2, 0.25) is 0 Å². The van der Waals surface area contributed by atoms with Gasteiger partial charge in [0.2, 0.25) is 0 Å². The first-order valence-corrected chi connectivity index (χ1v) is 8.44. The van der Waals surface area contributed by atoms with Crippen molar-refractivity contribution in [3.63, 3.8) is 0 Å². The number of rotatable bonds is 3. The minimum Gasteiger partial charge on any atom is -0.360 e. The van der Waals surface area contributed by atoms with Crippen molar-refractivity contribution in [2.24, 2.45) is 0 Å². The van der Waals surface area contributed by atoms with E-state index >= 15 is 0 Å². The Balaban J connectivity index is 1.90. The van der Waals surface area contributed by atoms with Crippen molar-refractivity contribution in [2.75, 3.05) is 0 Å². The van der Waals surface area contributed by atoms with Gasteiger partial charge in [-0.05, 0) is 48.5 Å². The normalized spacial score (nSPS) is 17.5. The van der Waals surface area contributed by atoms with Gasteiger partial charge in [0.15, 0.2) is 5.11 Å². The van der Waals surface area contributed by atoms with Crippen LogP contribution in [-0.4, -0.2) is 11.2 Å². The molecular formula is C18H28N2S. The van der Waals surface area contributed by atoms with Gasteiger partial charge in [-0.1, -0.05) is 57.9 Å². The zero-order valence-corrected chi connectivity index (χ0v) is 14.5. The minimum atomic E-state index is 0.203. The maximum Gasteiger partial charge on any atom is 0.166 e. The molecule has 0 heterocycles. The van der Waals surface area contributed by atoms with Crippen molar-refractivity contribution in [1.29, 1.82) is 0 Å². The first-order valence-electron chi connectivity index (χ1n) is 8.04. The smallest absolute Gasteiger partial charge is 0.166 e. The van der Waals surface area contributed by atoms with Crippen LogP contribution in [0.15, 0.2) is 24.3 Å². The van der Waals surface area contributed by atoms with Crippen LogP contribution in [0.3, 0.4) is 0 Å². The van der Waals surface area contributed by atoms with Crippen LogP contribution in [-0.2, 0) is 5.41 Å². The molecule has 0 aromatic heterocycles. The number of benzene rings is 1. The van der Waals surface area contributed by atoms with Gasteiger partial charge >= 0.3 is 0 Å². The van der Waals surface area contributed by atoms with Crippen molar-refractivity contribution >= 4 is 17.3 Å². The Hall–Kier alpha value is -1.09. The fourth-order valence-corrected chi connectivity index (χ4v) is 3.19. The van der Waals surface area contributed by atoms with Gasteiger partial charge in [-0.2, -0.15) is 0 Å². The van der Waals surface area contributed by atoms with Crippen LogP contribution < -0.4 is 10.6 Å². The van der Waals surface area contributed by atoms with E-state index in [0.29, 0.717) is 6.04 Å². The molecule has 0 spiro atoms. The molecule has 1 aliphatic rings. The van der Waals surface area contributed by atoms with E-state index in [0.717, 1.165) is 5.11 Å². The van der Waals surface area contributed by atoms with Gasteiger partial charge in [0.1, 0.15) is 0 Å². The molecule has 21 heavy (non-hydrogen) atoms. The molecule has 0 bridgehead atoms. The zero-order chi connectivity index (χ0) is 15.5. The molecule has 3 heteroatoms. The summed E-state index contributed by atoms with van der Waals surface area (Å²) in [6, 6.07) is 9.66. The summed E-state index contributed by atoms with van der Waals surface area (Å²) in [5, 5.41) is 7.62.